The van der Waals surface area contributed by atoms with E-state index >= 15 is 0 Å². The van der Waals surface area contributed by atoms with Gasteiger partial charge in [-0.25, -0.2) is 8.42 Å². The van der Waals surface area contributed by atoms with Crippen molar-refractivity contribution in [3.8, 4) is 5.75 Å². The predicted octanol–water partition coefficient (Wildman–Crippen LogP) is 6.76. The average Bonchev–Trinajstić information content (AvgIpc) is 3.02. The lowest BCUT2D eigenvalue weighted by molar-refractivity contribution is -0.140. The van der Waals surface area contributed by atoms with Crippen LogP contribution < -0.4 is 14.4 Å². The third-order valence-electron chi connectivity index (χ3n) is 7.91. The van der Waals surface area contributed by atoms with Crippen molar-refractivity contribution >= 4 is 50.7 Å². The Labute approximate surface area is 270 Å². The van der Waals surface area contributed by atoms with Gasteiger partial charge in [-0.15, -0.1) is 0 Å². The predicted molar refractivity (Wildman–Crippen MR) is 175 cm³/mol. The highest BCUT2D eigenvalue weighted by Gasteiger charge is 2.35. The second-order valence-electron chi connectivity index (χ2n) is 11.0. The van der Waals surface area contributed by atoms with Crippen LogP contribution in [0.5, 0.6) is 5.75 Å². The molecule has 3 aromatic carbocycles. The summed E-state index contributed by atoms with van der Waals surface area (Å²) in [6, 6.07) is 17.4. The molecule has 0 saturated heterocycles. The third kappa shape index (κ3) is 8.06. The summed E-state index contributed by atoms with van der Waals surface area (Å²) in [7, 11) is -2.72. The van der Waals surface area contributed by atoms with E-state index in [9.17, 15) is 18.0 Å². The maximum Gasteiger partial charge on any atom is 0.264 e. The van der Waals surface area contributed by atoms with Crippen LogP contribution in [0, 0.1) is 6.92 Å². The lowest BCUT2D eigenvalue weighted by atomic mass is 9.95. The first kappa shape index (κ1) is 33.6. The van der Waals surface area contributed by atoms with Crippen LogP contribution >= 0.6 is 23.2 Å². The van der Waals surface area contributed by atoms with E-state index in [1.807, 2.05) is 19.9 Å². The first-order chi connectivity index (χ1) is 21.0. The highest BCUT2D eigenvalue weighted by molar-refractivity contribution is 7.92. The molecule has 1 aliphatic rings. The fourth-order valence-corrected chi connectivity index (χ4v) is 7.34. The Morgan fingerprint density at radius 2 is 1.68 bits per heavy atom. The number of nitrogens with one attached hydrogen (secondary N) is 1. The van der Waals surface area contributed by atoms with Gasteiger partial charge in [0.05, 0.1) is 27.7 Å². The second kappa shape index (κ2) is 15.1. The largest absolute Gasteiger partial charge is 0.497 e. The van der Waals surface area contributed by atoms with Gasteiger partial charge in [0.1, 0.15) is 18.3 Å². The third-order valence-corrected chi connectivity index (χ3v) is 10.5. The van der Waals surface area contributed by atoms with Crippen molar-refractivity contribution in [3.63, 3.8) is 0 Å². The molecule has 0 unspecified atom stereocenters. The monoisotopic (exact) mass is 659 g/mol. The number of carbonyl (C=O) groups is 2. The minimum Gasteiger partial charge on any atom is -0.497 e. The van der Waals surface area contributed by atoms with Crippen molar-refractivity contribution in [3.05, 3.63) is 87.9 Å². The van der Waals surface area contributed by atoms with E-state index in [1.54, 1.807) is 49.6 Å². The number of amides is 2. The summed E-state index contributed by atoms with van der Waals surface area (Å²) < 4.78 is 34.6. The van der Waals surface area contributed by atoms with Crippen LogP contribution in [0.25, 0.3) is 0 Å². The smallest absolute Gasteiger partial charge is 0.264 e. The molecule has 1 saturated carbocycles. The van der Waals surface area contributed by atoms with Crippen molar-refractivity contribution < 1.29 is 22.7 Å². The van der Waals surface area contributed by atoms with Crippen molar-refractivity contribution in [1.29, 1.82) is 0 Å². The van der Waals surface area contributed by atoms with E-state index in [0.717, 1.165) is 47.5 Å². The molecule has 1 aliphatic carbocycles. The van der Waals surface area contributed by atoms with Crippen LogP contribution in [0.1, 0.15) is 56.6 Å². The summed E-state index contributed by atoms with van der Waals surface area (Å²) >= 11 is 12.8. The summed E-state index contributed by atoms with van der Waals surface area (Å²) in [6.07, 6.45) is 5.34. The Morgan fingerprint density at radius 3 is 2.34 bits per heavy atom. The summed E-state index contributed by atoms with van der Waals surface area (Å²) in [5.41, 5.74) is 1.68. The van der Waals surface area contributed by atoms with Gasteiger partial charge in [0.15, 0.2) is 0 Å². The lowest BCUT2D eigenvalue weighted by Gasteiger charge is -2.34. The molecular formula is C33H39Cl2N3O5S. The zero-order valence-electron chi connectivity index (χ0n) is 25.3. The Hall–Kier alpha value is -3.27. The van der Waals surface area contributed by atoms with Gasteiger partial charge >= 0.3 is 0 Å². The molecule has 4 rings (SSSR count). The van der Waals surface area contributed by atoms with Gasteiger partial charge in [0.2, 0.25) is 11.8 Å². The van der Waals surface area contributed by atoms with E-state index in [2.05, 4.69) is 5.32 Å². The Kier molecular flexibility index (Phi) is 11.6. The molecular weight excluding hydrogens is 621 g/mol. The number of nitrogens with zero attached hydrogens (tertiary/aromatic N) is 2. The normalized spacial score (nSPS) is 14.5. The van der Waals surface area contributed by atoms with E-state index < -0.39 is 28.5 Å². The van der Waals surface area contributed by atoms with Crippen molar-refractivity contribution in [2.45, 2.75) is 75.9 Å². The Morgan fingerprint density at radius 1 is 1.00 bits per heavy atom. The summed E-state index contributed by atoms with van der Waals surface area (Å²) in [6.45, 7) is 3.15. The minimum atomic E-state index is -4.28. The highest BCUT2D eigenvalue weighted by atomic mass is 35.5. The number of benzene rings is 3. The molecule has 0 heterocycles. The van der Waals surface area contributed by atoms with E-state index in [4.69, 9.17) is 27.9 Å². The van der Waals surface area contributed by atoms with Crippen LogP contribution in [0.4, 0.5) is 5.69 Å². The standard InChI is InChI=1S/C33H39Cl2N3O5S/c1-4-29(33(40)36-25-11-6-5-7-12-25)37(21-24-10-8-13-26(20-24)43-3)31(39)22-38(30-15-9-14-28(34)32(30)35)44(41,42)27-18-16-23(2)17-19-27/h8-10,13-20,25,29H,4-7,11-12,21-22H2,1-3H3,(H,36,40)/t29-/m1/s1. The molecule has 0 bridgehead atoms. The maximum absolute atomic E-state index is 14.3. The fraction of sp³-hybridized carbons (Fsp3) is 0.394. The Balaban J connectivity index is 1.75. The number of hydrogen-bond donors (Lipinski definition) is 1. The molecule has 0 aromatic heterocycles. The number of anilines is 1. The van der Waals surface area contributed by atoms with Crippen LogP contribution in [-0.2, 0) is 26.2 Å². The number of halogens is 2. The first-order valence-electron chi connectivity index (χ1n) is 14.8. The van der Waals surface area contributed by atoms with Gasteiger partial charge in [0.25, 0.3) is 10.0 Å². The van der Waals surface area contributed by atoms with Gasteiger partial charge in [-0.2, -0.15) is 0 Å². The number of carbonyl (C=O) groups excluding carboxylic acids is 2. The molecule has 44 heavy (non-hydrogen) atoms. The number of aryl methyl sites for hydroxylation is 1. The molecule has 1 fully saturated rings. The van der Waals surface area contributed by atoms with Crippen molar-refractivity contribution in [1.82, 2.24) is 10.2 Å². The molecule has 1 atom stereocenters. The number of methoxy groups -OCH3 is 1. The van der Waals surface area contributed by atoms with Crippen molar-refractivity contribution in [2.75, 3.05) is 18.0 Å². The molecule has 0 aliphatic heterocycles. The van der Waals surface area contributed by atoms with Gasteiger partial charge < -0.3 is 15.0 Å². The molecule has 11 heteroatoms. The summed E-state index contributed by atoms with van der Waals surface area (Å²) in [5, 5.41) is 3.29. The molecule has 2 amide bonds. The van der Waals surface area contributed by atoms with E-state index in [1.165, 1.54) is 23.1 Å². The molecule has 236 valence electrons. The molecule has 8 nitrogen and oxygen atoms in total. The average molecular weight is 661 g/mol. The van der Waals surface area contributed by atoms with Gasteiger partial charge in [-0.1, -0.05) is 85.3 Å². The number of ether oxygens (including phenoxy) is 1. The van der Waals surface area contributed by atoms with Crippen LogP contribution in [0.15, 0.2) is 71.6 Å². The zero-order valence-corrected chi connectivity index (χ0v) is 27.6. The fourth-order valence-electron chi connectivity index (χ4n) is 5.47. The SMILES string of the molecule is CC[C@H](C(=O)NC1CCCCC1)N(Cc1cccc(OC)c1)C(=O)CN(c1cccc(Cl)c1Cl)S(=O)(=O)c1ccc(C)cc1. The quantitative estimate of drug-likeness (QED) is 0.232. The van der Waals surface area contributed by atoms with Crippen molar-refractivity contribution in [2.24, 2.45) is 0 Å². The second-order valence-corrected chi connectivity index (χ2v) is 13.7. The molecule has 1 N–H and O–H groups in total. The molecule has 0 radical (unpaired) electrons. The van der Waals surface area contributed by atoms with Gasteiger partial charge in [0, 0.05) is 12.6 Å². The number of hydrogen-bond acceptors (Lipinski definition) is 5. The molecule has 0 spiro atoms. The maximum atomic E-state index is 14.3. The number of rotatable bonds is 12. The van der Waals surface area contributed by atoms with E-state index in [0.29, 0.717) is 12.2 Å². The van der Waals surface area contributed by atoms with Crippen LogP contribution in [-0.4, -0.2) is 50.9 Å². The van der Waals surface area contributed by atoms with Crippen LogP contribution in [0.3, 0.4) is 0 Å². The topological polar surface area (TPSA) is 96.0 Å². The van der Waals surface area contributed by atoms with Crippen LogP contribution in [0.2, 0.25) is 10.0 Å². The number of sulfonamides is 1. The first-order valence-corrected chi connectivity index (χ1v) is 17.0. The zero-order chi connectivity index (χ0) is 31.9. The Bertz CT molecular complexity index is 1560. The summed E-state index contributed by atoms with van der Waals surface area (Å²) in [4.78, 5) is 29.5. The van der Waals surface area contributed by atoms with E-state index in [-0.39, 0.29) is 39.1 Å². The lowest BCUT2D eigenvalue weighted by Crippen LogP contribution is -2.54. The minimum absolute atomic E-state index is 0.000850. The summed E-state index contributed by atoms with van der Waals surface area (Å²) in [5.74, 6) is -0.224. The van der Waals surface area contributed by atoms with Gasteiger partial charge in [-0.05, 0) is 68.1 Å². The highest BCUT2D eigenvalue weighted by Crippen LogP contribution is 2.36. The molecule has 3 aromatic rings. The van der Waals surface area contributed by atoms with Gasteiger partial charge in [-0.3, -0.25) is 13.9 Å².